The lowest BCUT2D eigenvalue weighted by Gasteiger charge is -2.23. The van der Waals surface area contributed by atoms with E-state index >= 15 is 0 Å². The number of hydrogen-bond donors (Lipinski definition) is 1. The van der Waals surface area contributed by atoms with E-state index in [0.29, 0.717) is 11.6 Å². The highest BCUT2D eigenvalue weighted by molar-refractivity contribution is 9.10. The first-order valence-electron chi connectivity index (χ1n) is 5.85. The van der Waals surface area contributed by atoms with Crippen LogP contribution in [0.1, 0.15) is 18.4 Å². The third-order valence-corrected chi connectivity index (χ3v) is 3.83. The number of hydrogen-bond acceptors (Lipinski definition) is 3. The average Bonchev–Trinajstić information content (AvgIpc) is 2.81. The van der Waals surface area contributed by atoms with Crippen LogP contribution in [0, 0.1) is 11.3 Å². The Balaban J connectivity index is 2.06. The number of benzene rings is 1. The summed E-state index contributed by atoms with van der Waals surface area (Å²) < 4.78 is 0.865. The molecule has 0 radical (unpaired) electrons. The van der Waals surface area contributed by atoms with E-state index in [0.717, 1.165) is 23.2 Å². The van der Waals surface area contributed by atoms with Crippen LogP contribution in [0.3, 0.4) is 0 Å². The van der Waals surface area contributed by atoms with Crippen LogP contribution >= 0.6 is 15.9 Å². The molecule has 3 nitrogen and oxygen atoms in total. The fourth-order valence-corrected chi connectivity index (χ4v) is 2.64. The lowest BCUT2D eigenvalue weighted by molar-refractivity contribution is 0.600. The maximum atomic E-state index is 8.87. The molecule has 1 aliphatic heterocycles. The van der Waals surface area contributed by atoms with Gasteiger partial charge in [0.25, 0.3) is 0 Å². The molecule has 90 valence electrons. The molecule has 0 amide bonds. The number of anilines is 1. The molecule has 1 fully saturated rings. The summed E-state index contributed by atoms with van der Waals surface area (Å²) in [4.78, 5) is 2.23. The summed E-state index contributed by atoms with van der Waals surface area (Å²) in [5, 5.41) is 12.4. The van der Waals surface area contributed by atoms with Gasteiger partial charge in [-0.1, -0.05) is 0 Å². The summed E-state index contributed by atoms with van der Waals surface area (Å²) in [7, 11) is 2.09. The maximum Gasteiger partial charge on any atom is 0.100 e. The van der Waals surface area contributed by atoms with E-state index in [1.807, 2.05) is 18.2 Å². The Hall–Kier alpha value is -1.05. The first kappa shape index (κ1) is 12.4. The Kier molecular flexibility index (Phi) is 4.03. The van der Waals surface area contributed by atoms with E-state index in [-0.39, 0.29) is 0 Å². The molecular weight excluding hydrogens is 278 g/mol. The molecule has 2 rings (SSSR count). The summed E-state index contributed by atoms with van der Waals surface area (Å²) in [6.07, 6.45) is 2.53. The van der Waals surface area contributed by atoms with Crippen molar-refractivity contribution >= 4 is 21.6 Å². The number of rotatable bonds is 3. The summed E-state index contributed by atoms with van der Waals surface area (Å²) in [6.45, 7) is 2.15. The van der Waals surface area contributed by atoms with Crippen LogP contribution in [0.25, 0.3) is 0 Å². The Bertz CT molecular complexity index is 433. The second kappa shape index (κ2) is 5.52. The standard InChI is InChI=1S/C13H16BrN3/c1-17(9-11-3-2-6-16-11)12-5-4-10(8-15)13(14)7-12/h4-5,7,11,16H,2-3,6,9H2,1H3. The first-order valence-corrected chi connectivity index (χ1v) is 6.64. The topological polar surface area (TPSA) is 39.1 Å². The quantitative estimate of drug-likeness (QED) is 0.931. The lowest BCUT2D eigenvalue weighted by atomic mass is 10.2. The summed E-state index contributed by atoms with van der Waals surface area (Å²) in [6, 6.07) is 8.61. The maximum absolute atomic E-state index is 8.87. The number of nitrogens with one attached hydrogen (secondary N) is 1. The molecule has 0 bridgehead atoms. The van der Waals surface area contributed by atoms with Crippen LogP contribution < -0.4 is 10.2 Å². The minimum absolute atomic E-state index is 0.592. The normalized spacial score (nSPS) is 19.0. The fourth-order valence-electron chi connectivity index (χ4n) is 2.18. The van der Waals surface area contributed by atoms with Crippen molar-refractivity contribution < 1.29 is 0 Å². The Labute approximate surface area is 111 Å². The minimum atomic E-state index is 0.592. The van der Waals surface area contributed by atoms with Gasteiger partial charge in [-0.3, -0.25) is 0 Å². The monoisotopic (exact) mass is 293 g/mol. The van der Waals surface area contributed by atoms with E-state index in [2.05, 4.69) is 39.3 Å². The first-order chi connectivity index (χ1) is 8.20. The van der Waals surface area contributed by atoms with Gasteiger partial charge in [0.2, 0.25) is 0 Å². The van der Waals surface area contributed by atoms with Crippen molar-refractivity contribution in [1.29, 1.82) is 5.26 Å². The molecule has 1 N–H and O–H groups in total. The van der Waals surface area contributed by atoms with Crippen molar-refractivity contribution in [2.75, 3.05) is 25.0 Å². The molecule has 4 heteroatoms. The predicted molar refractivity (Wildman–Crippen MR) is 73.2 cm³/mol. The van der Waals surface area contributed by atoms with Gasteiger partial charge in [0.05, 0.1) is 5.56 Å². The van der Waals surface area contributed by atoms with Gasteiger partial charge in [-0.15, -0.1) is 0 Å². The molecule has 0 aromatic heterocycles. The molecule has 1 atom stereocenters. The van der Waals surface area contributed by atoms with Gasteiger partial charge in [0, 0.05) is 29.8 Å². The highest BCUT2D eigenvalue weighted by atomic mass is 79.9. The third kappa shape index (κ3) is 2.99. The molecule has 1 heterocycles. The minimum Gasteiger partial charge on any atom is -0.373 e. The third-order valence-electron chi connectivity index (χ3n) is 3.17. The van der Waals surface area contributed by atoms with Gasteiger partial charge in [-0.05, 0) is 53.5 Å². The number of nitrogens with zero attached hydrogens (tertiary/aromatic N) is 2. The van der Waals surface area contributed by atoms with Crippen LogP contribution in [0.15, 0.2) is 22.7 Å². The SMILES string of the molecule is CN(CC1CCCN1)c1ccc(C#N)c(Br)c1. The van der Waals surface area contributed by atoms with E-state index < -0.39 is 0 Å². The lowest BCUT2D eigenvalue weighted by Crippen LogP contribution is -2.35. The zero-order valence-corrected chi connectivity index (χ0v) is 11.5. The van der Waals surface area contributed by atoms with Crippen LogP contribution in [0.4, 0.5) is 5.69 Å². The molecule has 0 saturated carbocycles. The van der Waals surface area contributed by atoms with Crippen molar-refractivity contribution in [1.82, 2.24) is 5.32 Å². The van der Waals surface area contributed by atoms with E-state index in [9.17, 15) is 0 Å². The molecule has 1 aliphatic rings. The van der Waals surface area contributed by atoms with Crippen LogP contribution in [0.2, 0.25) is 0 Å². The van der Waals surface area contributed by atoms with Gasteiger partial charge in [-0.25, -0.2) is 0 Å². The zero-order valence-electron chi connectivity index (χ0n) is 9.91. The second-order valence-electron chi connectivity index (χ2n) is 4.45. The summed E-state index contributed by atoms with van der Waals surface area (Å²) in [5.74, 6) is 0. The van der Waals surface area contributed by atoms with E-state index in [1.165, 1.54) is 12.8 Å². The molecular formula is C13H16BrN3. The van der Waals surface area contributed by atoms with Gasteiger partial charge in [0.1, 0.15) is 6.07 Å². The Morgan fingerprint density at radius 3 is 3.00 bits per heavy atom. The van der Waals surface area contributed by atoms with Gasteiger partial charge in [-0.2, -0.15) is 5.26 Å². The number of likely N-dealkylation sites (N-methyl/N-ethyl adjacent to an activating group) is 1. The molecule has 0 aliphatic carbocycles. The molecule has 1 saturated heterocycles. The summed E-state index contributed by atoms with van der Waals surface area (Å²) >= 11 is 3.42. The highest BCUT2D eigenvalue weighted by Gasteiger charge is 2.16. The predicted octanol–water partition coefficient (Wildman–Crippen LogP) is 2.51. The molecule has 1 unspecified atom stereocenters. The average molecular weight is 294 g/mol. The van der Waals surface area contributed by atoms with Crippen molar-refractivity contribution in [3.8, 4) is 6.07 Å². The van der Waals surface area contributed by atoms with Crippen LogP contribution in [0.5, 0.6) is 0 Å². The van der Waals surface area contributed by atoms with Crippen molar-refractivity contribution in [3.05, 3.63) is 28.2 Å². The second-order valence-corrected chi connectivity index (χ2v) is 5.30. The van der Waals surface area contributed by atoms with Crippen LogP contribution in [-0.2, 0) is 0 Å². The van der Waals surface area contributed by atoms with Gasteiger partial charge >= 0.3 is 0 Å². The number of nitriles is 1. The van der Waals surface area contributed by atoms with Gasteiger partial charge < -0.3 is 10.2 Å². The summed E-state index contributed by atoms with van der Waals surface area (Å²) in [5.41, 5.74) is 1.82. The number of halogens is 1. The zero-order chi connectivity index (χ0) is 12.3. The van der Waals surface area contributed by atoms with E-state index in [1.54, 1.807) is 0 Å². The Morgan fingerprint density at radius 1 is 1.59 bits per heavy atom. The van der Waals surface area contributed by atoms with Crippen molar-refractivity contribution in [2.45, 2.75) is 18.9 Å². The van der Waals surface area contributed by atoms with Crippen molar-refractivity contribution in [3.63, 3.8) is 0 Å². The molecule has 1 aromatic carbocycles. The van der Waals surface area contributed by atoms with Gasteiger partial charge in [0.15, 0.2) is 0 Å². The highest BCUT2D eigenvalue weighted by Crippen LogP contribution is 2.23. The van der Waals surface area contributed by atoms with Crippen LogP contribution in [-0.4, -0.2) is 26.2 Å². The fraction of sp³-hybridized carbons (Fsp3) is 0.462. The molecule has 0 spiro atoms. The van der Waals surface area contributed by atoms with Crippen molar-refractivity contribution in [2.24, 2.45) is 0 Å². The Morgan fingerprint density at radius 2 is 2.41 bits per heavy atom. The largest absolute Gasteiger partial charge is 0.373 e. The molecule has 1 aromatic rings. The molecule has 17 heavy (non-hydrogen) atoms. The smallest absolute Gasteiger partial charge is 0.100 e. The van der Waals surface area contributed by atoms with E-state index in [4.69, 9.17) is 5.26 Å².